The molecule has 0 heterocycles. The molecular formula is C13H17N3O2S. The van der Waals surface area contributed by atoms with Crippen molar-refractivity contribution in [2.24, 2.45) is 9.78 Å². The summed E-state index contributed by atoms with van der Waals surface area (Å²) >= 11 is 0. The second-order valence-electron chi connectivity index (χ2n) is 4.46. The van der Waals surface area contributed by atoms with E-state index < -0.39 is 21.2 Å². The van der Waals surface area contributed by atoms with Gasteiger partial charge in [0.15, 0.2) is 0 Å². The lowest BCUT2D eigenvalue weighted by Crippen LogP contribution is -2.25. The molecule has 0 aliphatic carbocycles. The predicted octanol–water partition coefficient (Wildman–Crippen LogP) is 2.58. The topological polar surface area (TPSA) is 82.3 Å². The molecule has 0 fully saturated rings. The van der Waals surface area contributed by atoms with Gasteiger partial charge >= 0.3 is 0 Å². The van der Waals surface area contributed by atoms with Crippen molar-refractivity contribution < 1.29 is 9.00 Å². The number of carbonyl (C=O) groups excluding carboxylic acids is 1. The highest BCUT2D eigenvalue weighted by molar-refractivity contribution is 7.94. The van der Waals surface area contributed by atoms with Gasteiger partial charge in [-0.05, 0) is 25.5 Å². The van der Waals surface area contributed by atoms with Gasteiger partial charge in [0.2, 0.25) is 0 Å². The van der Waals surface area contributed by atoms with Gasteiger partial charge in [0.25, 0.3) is 5.91 Å². The van der Waals surface area contributed by atoms with E-state index in [2.05, 4.69) is 9.08 Å². The number of nitrogens with one attached hydrogen (secondary N) is 1. The Bertz CT molecular complexity index is 613. The van der Waals surface area contributed by atoms with Gasteiger partial charge < -0.3 is 0 Å². The zero-order valence-electron chi connectivity index (χ0n) is 11.2. The normalized spacial score (nSPS) is 16.5. The van der Waals surface area contributed by atoms with Crippen LogP contribution in [0.1, 0.15) is 20.3 Å². The molecule has 0 bridgehead atoms. The van der Waals surface area contributed by atoms with Crippen LogP contribution in [0.15, 0.2) is 34.7 Å². The van der Waals surface area contributed by atoms with Gasteiger partial charge in [-0.3, -0.25) is 9.52 Å². The molecule has 0 radical (unpaired) electrons. The Morgan fingerprint density at radius 1 is 1.47 bits per heavy atom. The number of carbonyl (C=O) groups is 1. The smallest absolute Gasteiger partial charge is 0.275 e. The molecule has 0 spiro atoms. The van der Waals surface area contributed by atoms with Gasteiger partial charge in [0, 0.05) is 11.9 Å². The Kier molecular flexibility index (Phi) is 4.67. The summed E-state index contributed by atoms with van der Waals surface area (Å²) < 4.78 is 18.6. The number of para-hydroxylation sites is 1. The minimum absolute atomic E-state index is 0.326. The van der Waals surface area contributed by atoms with E-state index in [0.717, 1.165) is 0 Å². The van der Waals surface area contributed by atoms with Crippen LogP contribution in [0.3, 0.4) is 0 Å². The highest BCUT2D eigenvalue weighted by Gasteiger charge is 2.32. The summed E-state index contributed by atoms with van der Waals surface area (Å²) in [5.74, 6) is -0.659. The van der Waals surface area contributed by atoms with Gasteiger partial charge in [-0.1, -0.05) is 25.1 Å². The van der Waals surface area contributed by atoms with Crippen molar-refractivity contribution in [3.8, 4) is 6.07 Å². The highest BCUT2D eigenvalue weighted by Crippen LogP contribution is 2.22. The van der Waals surface area contributed by atoms with E-state index in [-0.39, 0.29) is 0 Å². The Balaban J connectivity index is 3.01. The minimum Gasteiger partial charge on any atom is -0.299 e. The molecule has 1 N–H and O–H groups in total. The quantitative estimate of drug-likeness (QED) is 0.919. The first-order chi connectivity index (χ1) is 8.83. The third kappa shape index (κ3) is 4.07. The first kappa shape index (κ1) is 15.2. The fourth-order valence-electron chi connectivity index (χ4n) is 1.28. The lowest BCUT2D eigenvalue weighted by atomic mass is 9.89. The first-order valence-electron chi connectivity index (χ1n) is 5.83. The zero-order valence-corrected chi connectivity index (χ0v) is 12.0. The Morgan fingerprint density at radius 2 is 2.05 bits per heavy atom. The maximum absolute atomic E-state index is 12.2. The number of nitrogens with zero attached hydrogens (tertiary/aromatic N) is 2. The fourth-order valence-corrected chi connectivity index (χ4v) is 2.42. The van der Waals surface area contributed by atoms with Gasteiger partial charge in [-0.15, -0.1) is 4.36 Å². The van der Waals surface area contributed by atoms with Gasteiger partial charge in [0.1, 0.15) is 15.3 Å². The second-order valence-corrected chi connectivity index (χ2v) is 6.46. The van der Waals surface area contributed by atoms with Crippen molar-refractivity contribution in [3.05, 3.63) is 30.3 Å². The summed E-state index contributed by atoms with van der Waals surface area (Å²) in [6, 6.07) is 10.8. The average molecular weight is 279 g/mol. The van der Waals surface area contributed by atoms with Crippen LogP contribution in [-0.4, -0.2) is 16.4 Å². The van der Waals surface area contributed by atoms with E-state index in [4.69, 9.17) is 5.26 Å². The van der Waals surface area contributed by atoms with Crippen LogP contribution < -0.4 is 4.72 Å². The first-order valence-corrected chi connectivity index (χ1v) is 7.76. The summed E-state index contributed by atoms with van der Waals surface area (Å²) in [6.45, 7) is 3.22. The lowest BCUT2D eigenvalue weighted by molar-refractivity contribution is -0.123. The molecule has 0 saturated carbocycles. The van der Waals surface area contributed by atoms with E-state index in [0.29, 0.717) is 12.1 Å². The summed E-state index contributed by atoms with van der Waals surface area (Å²) in [7, 11) is -2.91. The van der Waals surface area contributed by atoms with E-state index in [1.165, 1.54) is 13.2 Å². The predicted molar refractivity (Wildman–Crippen MR) is 75.6 cm³/mol. The number of nitriles is 1. The molecule has 0 aliphatic heterocycles. The van der Waals surface area contributed by atoms with E-state index in [1.54, 1.807) is 31.2 Å². The molecule has 2 atom stereocenters. The van der Waals surface area contributed by atoms with Crippen LogP contribution in [0.2, 0.25) is 0 Å². The minimum atomic E-state index is -2.91. The molecule has 0 saturated heterocycles. The molecule has 6 heteroatoms. The van der Waals surface area contributed by atoms with Gasteiger partial charge in [-0.2, -0.15) is 5.26 Å². The molecule has 2 unspecified atom stereocenters. The lowest BCUT2D eigenvalue weighted by Gasteiger charge is -2.15. The van der Waals surface area contributed by atoms with Crippen molar-refractivity contribution in [2.75, 3.05) is 11.0 Å². The summed E-state index contributed by atoms with van der Waals surface area (Å²) in [5.41, 5.74) is -0.612. The standard InChI is InChI=1S/C13H17N3O2S/c1-4-13(2,10-14)12(17)16-19(3,18)15-11-8-6-5-7-9-11/h5-9H,4H2,1-3H3,(H,15,16,17,18). The maximum atomic E-state index is 12.2. The Morgan fingerprint density at radius 3 is 2.53 bits per heavy atom. The van der Waals surface area contributed by atoms with E-state index in [9.17, 15) is 9.00 Å². The van der Waals surface area contributed by atoms with Crippen LogP contribution in [0.5, 0.6) is 0 Å². The van der Waals surface area contributed by atoms with Crippen LogP contribution in [0, 0.1) is 16.7 Å². The Hall–Kier alpha value is -1.87. The summed E-state index contributed by atoms with van der Waals surface area (Å²) in [4.78, 5) is 11.9. The SMILES string of the molecule is CCC(C)(C#N)C(=O)N=S(C)(=O)Nc1ccccc1. The van der Waals surface area contributed by atoms with Crippen LogP contribution in [-0.2, 0) is 14.7 Å². The molecule has 1 amide bonds. The number of hydrogen-bond acceptors (Lipinski definition) is 3. The summed E-state index contributed by atoms with van der Waals surface area (Å²) in [6.07, 6.45) is 1.66. The number of hydrogen-bond donors (Lipinski definition) is 1. The van der Waals surface area contributed by atoms with Crippen molar-refractivity contribution in [3.63, 3.8) is 0 Å². The third-order valence-electron chi connectivity index (χ3n) is 2.76. The van der Waals surface area contributed by atoms with Gasteiger partial charge in [-0.25, -0.2) is 4.21 Å². The van der Waals surface area contributed by atoms with Crippen molar-refractivity contribution in [2.45, 2.75) is 20.3 Å². The highest BCUT2D eigenvalue weighted by atomic mass is 32.2. The average Bonchev–Trinajstić information content (AvgIpc) is 2.37. The largest absolute Gasteiger partial charge is 0.299 e. The third-order valence-corrected chi connectivity index (χ3v) is 3.89. The second kappa shape index (κ2) is 5.85. The number of rotatable bonds is 4. The molecule has 5 nitrogen and oxygen atoms in total. The van der Waals surface area contributed by atoms with E-state index >= 15 is 0 Å². The monoisotopic (exact) mass is 279 g/mol. The van der Waals surface area contributed by atoms with Crippen molar-refractivity contribution >= 4 is 21.5 Å². The molecule has 19 heavy (non-hydrogen) atoms. The summed E-state index contributed by atoms with van der Waals surface area (Å²) in [5, 5.41) is 9.00. The number of benzene rings is 1. The van der Waals surface area contributed by atoms with Crippen LogP contribution >= 0.6 is 0 Å². The zero-order chi connectivity index (χ0) is 14.5. The number of amides is 1. The molecule has 1 rings (SSSR count). The fraction of sp³-hybridized carbons (Fsp3) is 0.385. The molecule has 0 aliphatic rings. The molecule has 0 aromatic heterocycles. The maximum Gasteiger partial charge on any atom is 0.275 e. The Labute approximate surface area is 114 Å². The van der Waals surface area contributed by atoms with Gasteiger partial charge in [0.05, 0.1) is 6.07 Å². The molecule has 102 valence electrons. The van der Waals surface area contributed by atoms with Crippen LogP contribution in [0.4, 0.5) is 5.69 Å². The number of anilines is 1. The van der Waals surface area contributed by atoms with Crippen molar-refractivity contribution in [1.82, 2.24) is 0 Å². The molecule has 1 aromatic rings. The molecule has 1 aromatic carbocycles. The van der Waals surface area contributed by atoms with E-state index in [1.807, 2.05) is 12.1 Å². The van der Waals surface area contributed by atoms with Crippen molar-refractivity contribution in [1.29, 1.82) is 5.26 Å². The molecular weight excluding hydrogens is 262 g/mol. The van der Waals surface area contributed by atoms with Crippen LogP contribution in [0.25, 0.3) is 0 Å².